The monoisotopic (exact) mass is 842 g/mol. The normalized spacial score (nSPS) is 41.3. The average molecular weight is 843 g/mol. The minimum absolute atomic E-state index is 0.00884. The first-order chi connectivity index (χ1) is 28.3. The van der Waals surface area contributed by atoms with Crippen molar-refractivity contribution in [2.75, 3.05) is 28.4 Å². The molecule has 3 aliphatic carbocycles. The molecule has 3 saturated heterocycles. The Labute approximate surface area is 353 Å². The molecule has 4 fully saturated rings. The van der Waals surface area contributed by atoms with E-state index in [0.29, 0.717) is 37.7 Å². The number of likely N-dealkylation sites (N-methyl/N-ethyl adjacent to an activating group) is 1. The van der Waals surface area contributed by atoms with Crippen LogP contribution >= 0.6 is 11.3 Å². The predicted molar refractivity (Wildman–Crippen MR) is 220 cm³/mol. The van der Waals surface area contributed by atoms with E-state index in [9.17, 15) is 9.59 Å². The number of ether oxygens (including phenoxy) is 8. The van der Waals surface area contributed by atoms with E-state index in [2.05, 4.69) is 12.7 Å². The summed E-state index contributed by atoms with van der Waals surface area (Å²) < 4.78 is 50.1. The Hall–Kier alpha value is -2.56. The van der Waals surface area contributed by atoms with E-state index in [0.717, 1.165) is 30.0 Å². The molecule has 0 aromatic carbocycles. The minimum Gasteiger partial charge on any atom is -0.462 e. The maximum atomic E-state index is 15.0. The van der Waals surface area contributed by atoms with Gasteiger partial charge in [0.15, 0.2) is 18.4 Å². The molecule has 0 unspecified atom stereocenters. The summed E-state index contributed by atoms with van der Waals surface area (Å²) in [6.45, 7) is 13.6. The zero-order valence-corrected chi connectivity index (χ0v) is 37.2. The first-order valence-electron chi connectivity index (χ1n) is 21.8. The summed E-state index contributed by atoms with van der Waals surface area (Å²) in [4.78, 5) is 49.4. The van der Waals surface area contributed by atoms with Gasteiger partial charge in [0.1, 0.15) is 24.4 Å². The van der Waals surface area contributed by atoms with Crippen LogP contribution in [0.25, 0.3) is 0 Å². The number of Topliss-reactive ketones (excluding diaryl/α,β-unsaturated/α-hetero) is 1. The van der Waals surface area contributed by atoms with Crippen LogP contribution in [0.4, 0.5) is 0 Å². The second kappa shape index (κ2) is 18.8. The number of rotatable bonds is 10. The fraction of sp³-hybridized carbons (Fsp3) is 0.778. The van der Waals surface area contributed by atoms with Crippen molar-refractivity contribution in [3.05, 3.63) is 39.9 Å². The maximum Gasteiger partial charge on any atom is 0.306 e. The SMILES string of the molecule is C=CC(=O)N(C)[C@H]1CC[C@H](O[C@H]2CCC[C@H](CC)OC(=O)C[C@@H]3C(=C[C@H]4[C@@H]5C[C@H](O[C@@H]6O[C@@H](C)[C@H](OC)[C@@H](OC)[C@H]6OC)C[C@H]5c5sc(C)nc5[C@H]43)C(=O)[C@@H]2C)O[C@@H]1C. The Morgan fingerprint density at radius 2 is 1.71 bits per heavy atom. The summed E-state index contributed by atoms with van der Waals surface area (Å²) >= 11 is 1.73. The lowest BCUT2D eigenvalue weighted by Gasteiger charge is -2.44. The highest BCUT2D eigenvalue weighted by Crippen LogP contribution is 2.62. The first kappa shape index (κ1) is 44.5. The highest BCUT2D eigenvalue weighted by molar-refractivity contribution is 7.11. The van der Waals surface area contributed by atoms with Crippen molar-refractivity contribution in [1.82, 2.24) is 9.88 Å². The van der Waals surface area contributed by atoms with Gasteiger partial charge < -0.3 is 42.8 Å². The van der Waals surface area contributed by atoms with Crippen LogP contribution in [0.2, 0.25) is 0 Å². The van der Waals surface area contributed by atoms with Gasteiger partial charge in [0, 0.05) is 63.3 Å². The quantitative estimate of drug-likeness (QED) is 0.190. The molecule has 4 heterocycles. The van der Waals surface area contributed by atoms with Crippen LogP contribution in [0.1, 0.15) is 113 Å². The van der Waals surface area contributed by atoms with Crippen LogP contribution in [-0.2, 0) is 52.3 Å². The Morgan fingerprint density at radius 1 is 0.966 bits per heavy atom. The number of hydrogen-bond acceptors (Lipinski definition) is 13. The summed E-state index contributed by atoms with van der Waals surface area (Å²) in [6, 6.07) is -0.0995. The van der Waals surface area contributed by atoms with Gasteiger partial charge in [0.25, 0.3) is 0 Å². The number of amides is 1. The lowest BCUT2D eigenvalue weighted by molar-refractivity contribution is -0.314. The maximum absolute atomic E-state index is 15.0. The number of methoxy groups -OCH3 is 3. The number of cyclic esters (lactones) is 1. The van der Waals surface area contributed by atoms with Crippen molar-refractivity contribution < 1.29 is 52.3 Å². The molecule has 0 N–H and O–H groups in total. The Morgan fingerprint density at radius 3 is 2.39 bits per heavy atom. The number of carbonyl (C=O) groups is 3. The fourth-order valence-electron chi connectivity index (χ4n) is 11.3. The fourth-order valence-corrected chi connectivity index (χ4v) is 12.5. The van der Waals surface area contributed by atoms with Crippen LogP contribution in [0.15, 0.2) is 24.3 Å². The first-order valence-corrected chi connectivity index (χ1v) is 22.7. The molecule has 0 radical (unpaired) electrons. The number of carbonyl (C=O) groups excluding carboxylic acids is 3. The summed E-state index contributed by atoms with van der Waals surface area (Å²) in [5, 5.41) is 0.976. The van der Waals surface area contributed by atoms with E-state index in [4.69, 9.17) is 42.9 Å². The molecule has 328 valence electrons. The molecule has 1 saturated carbocycles. The number of esters is 1. The second-order valence-electron chi connectivity index (χ2n) is 17.7. The molecule has 59 heavy (non-hydrogen) atoms. The van der Waals surface area contributed by atoms with Crippen molar-refractivity contribution >= 4 is 29.0 Å². The molecular formula is C45H66N2O11S. The van der Waals surface area contributed by atoms with E-state index >= 15 is 4.79 Å². The number of thiazole rings is 1. The minimum atomic E-state index is -0.648. The second-order valence-corrected chi connectivity index (χ2v) is 18.9. The highest BCUT2D eigenvalue weighted by Gasteiger charge is 2.57. The number of allylic oxidation sites excluding steroid dienone is 2. The summed E-state index contributed by atoms with van der Waals surface area (Å²) in [5.74, 6) is -1.04. The number of nitrogens with zero attached hydrogens (tertiary/aromatic N) is 2. The molecular weight excluding hydrogens is 777 g/mol. The summed E-state index contributed by atoms with van der Waals surface area (Å²) in [6.07, 6.45) is 5.63. The molecule has 1 aromatic rings. The largest absolute Gasteiger partial charge is 0.462 e. The Kier molecular flexibility index (Phi) is 14.2. The van der Waals surface area contributed by atoms with Crippen LogP contribution in [0, 0.1) is 30.6 Å². The van der Waals surface area contributed by atoms with Crippen LogP contribution < -0.4 is 0 Å². The van der Waals surface area contributed by atoms with Crippen LogP contribution in [0.3, 0.4) is 0 Å². The van der Waals surface area contributed by atoms with Gasteiger partial charge in [-0.05, 0) is 89.2 Å². The van der Waals surface area contributed by atoms with Gasteiger partial charge >= 0.3 is 5.97 Å². The number of aryl methyl sites for hydroxylation is 1. The third-order valence-corrected chi connectivity index (χ3v) is 15.5. The van der Waals surface area contributed by atoms with Gasteiger partial charge in [0.2, 0.25) is 5.91 Å². The van der Waals surface area contributed by atoms with E-state index < -0.39 is 30.7 Å². The molecule has 0 spiro atoms. The van der Waals surface area contributed by atoms with E-state index in [-0.39, 0.29) is 96.3 Å². The molecule has 17 atom stereocenters. The Balaban J connectivity index is 1.16. The van der Waals surface area contributed by atoms with Gasteiger partial charge in [-0.15, -0.1) is 11.3 Å². The lowest BCUT2D eigenvalue weighted by Crippen LogP contribution is -2.59. The van der Waals surface area contributed by atoms with Gasteiger partial charge in [-0.25, -0.2) is 4.98 Å². The summed E-state index contributed by atoms with van der Waals surface area (Å²) in [7, 11) is 6.72. The smallest absolute Gasteiger partial charge is 0.306 e. The van der Waals surface area contributed by atoms with Gasteiger partial charge in [-0.2, -0.15) is 0 Å². The lowest BCUT2D eigenvalue weighted by atomic mass is 9.67. The van der Waals surface area contributed by atoms with E-state index in [1.165, 1.54) is 11.0 Å². The number of ketones is 1. The van der Waals surface area contributed by atoms with Gasteiger partial charge in [0.05, 0.1) is 47.6 Å². The molecule has 0 bridgehead atoms. The third-order valence-electron chi connectivity index (χ3n) is 14.4. The molecule has 13 nitrogen and oxygen atoms in total. The van der Waals surface area contributed by atoms with Crippen molar-refractivity contribution in [2.24, 2.45) is 23.7 Å². The average Bonchev–Trinajstić information content (AvgIpc) is 3.93. The summed E-state index contributed by atoms with van der Waals surface area (Å²) in [5.41, 5.74) is 1.70. The van der Waals surface area contributed by atoms with Crippen LogP contribution in [0.5, 0.6) is 0 Å². The van der Waals surface area contributed by atoms with Crippen molar-refractivity contribution in [2.45, 2.75) is 172 Å². The molecule has 1 aromatic heterocycles. The van der Waals surface area contributed by atoms with Crippen molar-refractivity contribution in [3.8, 4) is 0 Å². The zero-order valence-electron chi connectivity index (χ0n) is 36.3. The van der Waals surface area contributed by atoms with E-state index in [1.54, 1.807) is 44.6 Å². The predicted octanol–water partition coefficient (Wildman–Crippen LogP) is 6.41. The molecule has 7 rings (SSSR count). The number of aromatic nitrogens is 1. The zero-order chi connectivity index (χ0) is 42.3. The molecule has 6 aliphatic rings. The van der Waals surface area contributed by atoms with Crippen molar-refractivity contribution in [1.29, 1.82) is 0 Å². The Bertz CT molecular complexity index is 1720. The number of hydrogen-bond donors (Lipinski definition) is 0. The van der Waals surface area contributed by atoms with E-state index in [1.807, 2.05) is 34.6 Å². The van der Waals surface area contributed by atoms with Gasteiger partial charge in [-0.3, -0.25) is 14.4 Å². The van der Waals surface area contributed by atoms with Gasteiger partial charge in [-0.1, -0.05) is 26.5 Å². The standard InChI is InChI=1S/C45H66N2O11S/c1-11-26-14-13-15-34(58-37-17-16-33(23(4)54-37)47(7)35(48)12-2)22(3)40(50)31-20-29-28-18-27(57-45-43(53-10)42(52-9)41(51-8)24(5)55-45)19-32(28)44-39(46-25(6)59-44)38(29)30(31)21-36(49)56-26/h12,20,22-24,26-30,32-34,37-38,41-43,45H,2,11,13-19,21H2,1,3-10H3/t22-,23-,24+,26+,27+,28+,29+,30-,32-,33+,34+,37+,38-,41+,42-,43-,45+/m1/s1. The number of fused-ring (bicyclic) bond motifs is 8. The topological polar surface area (TPSA) is 141 Å². The van der Waals surface area contributed by atoms with Crippen molar-refractivity contribution in [3.63, 3.8) is 0 Å². The van der Waals surface area contributed by atoms with Crippen LogP contribution in [-0.4, -0.2) is 123 Å². The highest BCUT2D eigenvalue weighted by atomic mass is 32.1. The molecule has 1 amide bonds. The molecule has 3 aliphatic heterocycles. The third kappa shape index (κ3) is 8.76. The molecule has 14 heteroatoms.